The van der Waals surface area contributed by atoms with Crippen LogP contribution in [0.5, 0.6) is 0 Å². The van der Waals surface area contributed by atoms with E-state index in [-0.39, 0.29) is 24.4 Å². The van der Waals surface area contributed by atoms with Crippen molar-refractivity contribution in [2.45, 2.75) is 32.2 Å². The van der Waals surface area contributed by atoms with Crippen LogP contribution in [-0.4, -0.2) is 17.4 Å². The first-order valence-corrected chi connectivity index (χ1v) is 8.84. The molecule has 26 heavy (non-hydrogen) atoms. The molecule has 0 saturated carbocycles. The fraction of sp³-hybridized carbons (Fsp3) is 0.286. The normalized spacial score (nSPS) is 11.8. The van der Waals surface area contributed by atoms with Crippen molar-refractivity contribution >= 4 is 29.2 Å². The maximum absolute atomic E-state index is 12.1. The molecule has 4 N–H and O–H groups in total. The number of fused-ring (bicyclic) bond motifs is 1. The highest BCUT2D eigenvalue weighted by atomic mass is 35.5. The summed E-state index contributed by atoms with van der Waals surface area (Å²) in [6.45, 7) is 2.77. The SMILES string of the molecule is CCc1cccc2c(CCNC(=O)CC(N)c3ccccc3)c[nH]c12.Cl. The number of nitrogens with one attached hydrogen (secondary N) is 2. The number of benzene rings is 2. The summed E-state index contributed by atoms with van der Waals surface area (Å²) in [5, 5.41) is 4.23. The van der Waals surface area contributed by atoms with Gasteiger partial charge in [-0.15, -0.1) is 12.4 Å². The Balaban J connectivity index is 0.00000243. The molecule has 3 rings (SSSR count). The highest BCUT2D eigenvalue weighted by molar-refractivity contribution is 5.86. The van der Waals surface area contributed by atoms with Gasteiger partial charge >= 0.3 is 0 Å². The highest BCUT2D eigenvalue weighted by Gasteiger charge is 2.11. The molecule has 5 heteroatoms. The average molecular weight is 372 g/mol. The lowest BCUT2D eigenvalue weighted by Gasteiger charge is -2.12. The Labute approximate surface area is 160 Å². The predicted octanol–water partition coefficient (Wildman–Crippen LogP) is 3.90. The molecule has 1 atom stereocenters. The molecule has 1 heterocycles. The molecule has 3 aromatic rings. The largest absolute Gasteiger partial charge is 0.361 e. The van der Waals surface area contributed by atoms with Gasteiger partial charge in [0.15, 0.2) is 0 Å². The molecule has 0 aliphatic rings. The van der Waals surface area contributed by atoms with Gasteiger partial charge in [0, 0.05) is 36.1 Å². The van der Waals surface area contributed by atoms with Crippen LogP contribution in [0.25, 0.3) is 10.9 Å². The first-order chi connectivity index (χ1) is 12.2. The summed E-state index contributed by atoms with van der Waals surface area (Å²) in [5.41, 5.74) is 10.9. The number of H-pyrrole nitrogens is 1. The summed E-state index contributed by atoms with van der Waals surface area (Å²) in [6.07, 6.45) is 4.16. The van der Waals surface area contributed by atoms with Crippen LogP contribution in [0.3, 0.4) is 0 Å². The fourth-order valence-corrected chi connectivity index (χ4v) is 3.20. The zero-order chi connectivity index (χ0) is 17.6. The van der Waals surface area contributed by atoms with Crippen LogP contribution in [0.1, 0.15) is 36.1 Å². The van der Waals surface area contributed by atoms with Gasteiger partial charge in [-0.3, -0.25) is 4.79 Å². The minimum absolute atomic E-state index is 0. The molecule has 1 unspecified atom stereocenters. The van der Waals surface area contributed by atoms with Crippen molar-refractivity contribution in [3.8, 4) is 0 Å². The van der Waals surface area contributed by atoms with E-state index >= 15 is 0 Å². The summed E-state index contributed by atoms with van der Waals surface area (Å²) in [4.78, 5) is 15.5. The van der Waals surface area contributed by atoms with E-state index in [1.54, 1.807) is 0 Å². The summed E-state index contributed by atoms with van der Waals surface area (Å²) < 4.78 is 0. The van der Waals surface area contributed by atoms with Crippen molar-refractivity contribution in [2.75, 3.05) is 6.54 Å². The van der Waals surface area contributed by atoms with Crippen molar-refractivity contribution < 1.29 is 4.79 Å². The number of hydrogen-bond acceptors (Lipinski definition) is 2. The van der Waals surface area contributed by atoms with Crippen molar-refractivity contribution in [2.24, 2.45) is 5.73 Å². The first-order valence-electron chi connectivity index (χ1n) is 8.84. The van der Waals surface area contributed by atoms with E-state index in [4.69, 9.17) is 5.73 Å². The Kier molecular flexibility index (Phi) is 7.25. The van der Waals surface area contributed by atoms with E-state index in [9.17, 15) is 4.79 Å². The zero-order valence-electron chi connectivity index (χ0n) is 15.0. The number of para-hydroxylation sites is 1. The van der Waals surface area contributed by atoms with E-state index in [0.29, 0.717) is 13.0 Å². The van der Waals surface area contributed by atoms with Crippen molar-refractivity contribution in [3.63, 3.8) is 0 Å². The number of halogens is 1. The van der Waals surface area contributed by atoms with Crippen LogP contribution < -0.4 is 11.1 Å². The van der Waals surface area contributed by atoms with Gasteiger partial charge in [-0.05, 0) is 29.5 Å². The molecule has 4 nitrogen and oxygen atoms in total. The van der Waals surface area contributed by atoms with Crippen molar-refractivity contribution in [1.82, 2.24) is 10.3 Å². The maximum Gasteiger partial charge on any atom is 0.221 e. The third-order valence-electron chi connectivity index (χ3n) is 4.62. The molecule has 0 saturated heterocycles. The van der Waals surface area contributed by atoms with Crippen LogP contribution in [0.4, 0.5) is 0 Å². The molecule has 138 valence electrons. The zero-order valence-corrected chi connectivity index (χ0v) is 15.8. The number of amides is 1. The van der Waals surface area contributed by atoms with E-state index in [1.165, 1.54) is 22.0 Å². The molecule has 2 aromatic carbocycles. The molecule has 0 aliphatic heterocycles. The molecule has 1 aromatic heterocycles. The van der Waals surface area contributed by atoms with Crippen LogP contribution >= 0.6 is 12.4 Å². The lowest BCUT2D eigenvalue weighted by molar-refractivity contribution is -0.121. The number of carbonyl (C=O) groups excluding carboxylic acids is 1. The minimum Gasteiger partial charge on any atom is -0.361 e. The van der Waals surface area contributed by atoms with Gasteiger partial charge in [-0.25, -0.2) is 0 Å². The van der Waals surface area contributed by atoms with Crippen molar-refractivity contribution in [3.05, 3.63) is 71.4 Å². The third-order valence-corrected chi connectivity index (χ3v) is 4.62. The van der Waals surface area contributed by atoms with Gasteiger partial charge in [-0.2, -0.15) is 0 Å². The Bertz CT molecular complexity index is 845. The van der Waals surface area contributed by atoms with Crippen LogP contribution in [-0.2, 0) is 17.6 Å². The van der Waals surface area contributed by atoms with Gasteiger partial charge in [0.05, 0.1) is 0 Å². The Morgan fingerprint density at radius 3 is 2.62 bits per heavy atom. The van der Waals surface area contributed by atoms with Gasteiger partial charge < -0.3 is 16.0 Å². The van der Waals surface area contributed by atoms with E-state index in [1.807, 2.05) is 36.5 Å². The quantitative estimate of drug-likeness (QED) is 0.589. The number of hydrogen-bond donors (Lipinski definition) is 3. The van der Waals surface area contributed by atoms with Gasteiger partial charge in [0.1, 0.15) is 0 Å². The second kappa shape index (κ2) is 9.41. The van der Waals surface area contributed by atoms with Gasteiger partial charge in [-0.1, -0.05) is 55.5 Å². The van der Waals surface area contributed by atoms with E-state index < -0.39 is 0 Å². The molecule has 1 amide bonds. The Morgan fingerprint density at radius 1 is 1.12 bits per heavy atom. The molecule has 0 radical (unpaired) electrons. The van der Waals surface area contributed by atoms with Crippen LogP contribution in [0.2, 0.25) is 0 Å². The summed E-state index contributed by atoms with van der Waals surface area (Å²) in [6, 6.07) is 15.8. The molecule has 0 aliphatic carbocycles. The van der Waals surface area contributed by atoms with Crippen molar-refractivity contribution in [1.29, 1.82) is 0 Å². The first kappa shape index (κ1) is 20.0. The third kappa shape index (κ3) is 4.65. The number of aryl methyl sites for hydroxylation is 1. The molecule has 0 fully saturated rings. The Morgan fingerprint density at radius 2 is 1.88 bits per heavy atom. The van der Waals surface area contributed by atoms with E-state index in [2.05, 4.69) is 35.4 Å². The van der Waals surface area contributed by atoms with Gasteiger partial charge in [0.2, 0.25) is 5.91 Å². The number of nitrogens with two attached hydrogens (primary N) is 1. The molecular formula is C21H26ClN3O. The second-order valence-corrected chi connectivity index (χ2v) is 6.33. The molecule has 0 bridgehead atoms. The maximum atomic E-state index is 12.1. The highest BCUT2D eigenvalue weighted by Crippen LogP contribution is 2.22. The predicted molar refractivity (Wildman–Crippen MR) is 110 cm³/mol. The lowest BCUT2D eigenvalue weighted by atomic mass is 10.0. The summed E-state index contributed by atoms with van der Waals surface area (Å²) >= 11 is 0. The number of carbonyl (C=O) groups is 1. The summed E-state index contributed by atoms with van der Waals surface area (Å²) in [5.74, 6) is -0.00885. The standard InChI is InChI=1S/C21H25N3O.ClH/c1-2-15-9-6-10-18-17(14-24-21(15)18)11-12-23-20(25)13-19(22)16-7-4-3-5-8-16;/h3-10,14,19,24H,2,11-13,22H2,1H3,(H,23,25);1H. The second-order valence-electron chi connectivity index (χ2n) is 6.33. The Hall–Kier alpha value is -2.30. The number of aromatic nitrogens is 1. The van der Waals surface area contributed by atoms with E-state index in [0.717, 1.165) is 18.4 Å². The lowest BCUT2D eigenvalue weighted by Crippen LogP contribution is -2.29. The average Bonchev–Trinajstić information content (AvgIpc) is 3.05. The van der Waals surface area contributed by atoms with Crippen LogP contribution in [0.15, 0.2) is 54.7 Å². The minimum atomic E-state index is -0.263. The monoisotopic (exact) mass is 371 g/mol. The molecule has 0 spiro atoms. The van der Waals surface area contributed by atoms with Crippen LogP contribution in [0, 0.1) is 0 Å². The number of rotatable bonds is 7. The summed E-state index contributed by atoms with van der Waals surface area (Å²) in [7, 11) is 0. The topological polar surface area (TPSA) is 70.9 Å². The number of aromatic amines is 1. The smallest absolute Gasteiger partial charge is 0.221 e. The van der Waals surface area contributed by atoms with Gasteiger partial charge in [0.25, 0.3) is 0 Å². The fourth-order valence-electron chi connectivity index (χ4n) is 3.20. The molecular weight excluding hydrogens is 346 g/mol.